The minimum atomic E-state index is -0.142. The highest BCUT2D eigenvalue weighted by Crippen LogP contribution is 2.23. The first kappa shape index (κ1) is 13.5. The van der Waals surface area contributed by atoms with Gasteiger partial charge in [0.15, 0.2) is 0 Å². The maximum Gasteiger partial charge on any atom is 0.123 e. The van der Waals surface area contributed by atoms with E-state index in [1.165, 1.54) is 11.6 Å². The zero-order chi connectivity index (χ0) is 13.3. The largest absolute Gasteiger partial charge is 0.311 e. The number of halogens is 1. The maximum absolute atomic E-state index is 13.3. The molecular weight excluding hydrogens is 227 g/mol. The quantitative estimate of drug-likeness (QED) is 0.868. The lowest BCUT2D eigenvalue weighted by molar-refractivity contribution is 0.0624. The zero-order valence-corrected chi connectivity index (χ0v) is 11.8. The Balaban J connectivity index is 2.18. The number of benzene rings is 1. The summed E-state index contributed by atoms with van der Waals surface area (Å²) in [5, 5.41) is 3.50. The Hall–Kier alpha value is -0.930. The van der Waals surface area contributed by atoms with Crippen molar-refractivity contribution in [3.05, 3.63) is 35.1 Å². The summed E-state index contributed by atoms with van der Waals surface area (Å²) >= 11 is 0. The van der Waals surface area contributed by atoms with Crippen molar-refractivity contribution in [2.45, 2.75) is 45.8 Å². The van der Waals surface area contributed by atoms with Crippen LogP contribution in [0.4, 0.5) is 4.39 Å². The molecule has 2 nitrogen and oxygen atoms in total. The Morgan fingerprint density at radius 2 is 2.17 bits per heavy atom. The lowest BCUT2D eigenvalue weighted by Gasteiger charge is -2.45. The van der Waals surface area contributed by atoms with E-state index in [1.807, 2.05) is 13.0 Å². The number of nitrogens with zero attached hydrogens (tertiary/aromatic N) is 1. The first-order valence-corrected chi connectivity index (χ1v) is 6.62. The first-order chi connectivity index (χ1) is 8.38. The summed E-state index contributed by atoms with van der Waals surface area (Å²) in [5.74, 6) is -0.142. The van der Waals surface area contributed by atoms with Gasteiger partial charge in [-0.05, 0) is 51.0 Å². The summed E-state index contributed by atoms with van der Waals surface area (Å²) in [7, 11) is 0. The van der Waals surface area contributed by atoms with Crippen molar-refractivity contribution in [3.63, 3.8) is 0 Å². The van der Waals surface area contributed by atoms with Gasteiger partial charge in [0.25, 0.3) is 0 Å². The average Bonchev–Trinajstić information content (AvgIpc) is 2.29. The molecule has 100 valence electrons. The van der Waals surface area contributed by atoms with Gasteiger partial charge in [0, 0.05) is 31.2 Å². The average molecular weight is 250 g/mol. The van der Waals surface area contributed by atoms with Crippen molar-refractivity contribution < 1.29 is 4.39 Å². The summed E-state index contributed by atoms with van der Waals surface area (Å²) in [6.07, 6.45) is 0. The normalized spacial score (nSPS) is 24.2. The second-order valence-corrected chi connectivity index (χ2v) is 6.05. The SMILES string of the molecule is Cc1ccc(F)cc1CN1CC(C)NCC1(C)C. The number of piperazine rings is 1. The second-order valence-electron chi connectivity index (χ2n) is 6.05. The van der Waals surface area contributed by atoms with Crippen molar-refractivity contribution in [1.82, 2.24) is 10.2 Å². The highest BCUT2D eigenvalue weighted by atomic mass is 19.1. The summed E-state index contributed by atoms with van der Waals surface area (Å²) in [4.78, 5) is 2.44. The van der Waals surface area contributed by atoms with Crippen molar-refractivity contribution in [2.24, 2.45) is 0 Å². The third kappa shape index (κ3) is 2.90. The Morgan fingerprint density at radius 3 is 2.89 bits per heavy atom. The summed E-state index contributed by atoms with van der Waals surface area (Å²) in [6, 6.07) is 5.55. The Kier molecular flexibility index (Phi) is 3.74. The van der Waals surface area contributed by atoms with Gasteiger partial charge in [0.1, 0.15) is 5.82 Å². The molecule has 0 aromatic heterocycles. The fraction of sp³-hybridized carbons (Fsp3) is 0.600. The van der Waals surface area contributed by atoms with Gasteiger partial charge in [-0.2, -0.15) is 0 Å². The van der Waals surface area contributed by atoms with Gasteiger partial charge in [-0.25, -0.2) is 4.39 Å². The van der Waals surface area contributed by atoms with E-state index >= 15 is 0 Å². The van der Waals surface area contributed by atoms with Gasteiger partial charge < -0.3 is 5.32 Å². The Bertz CT molecular complexity index is 429. The van der Waals surface area contributed by atoms with E-state index < -0.39 is 0 Å². The molecule has 1 saturated heterocycles. The van der Waals surface area contributed by atoms with E-state index in [2.05, 4.69) is 31.0 Å². The Morgan fingerprint density at radius 1 is 1.44 bits per heavy atom. The van der Waals surface area contributed by atoms with Crippen LogP contribution in [-0.4, -0.2) is 29.6 Å². The van der Waals surface area contributed by atoms with Crippen molar-refractivity contribution in [2.75, 3.05) is 13.1 Å². The van der Waals surface area contributed by atoms with Crippen LogP contribution in [0.3, 0.4) is 0 Å². The number of rotatable bonds is 2. The highest BCUT2D eigenvalue weighted by molar-refractivity contribution is 5.26. The predicted octanol–water partition coefficient (Wildman–Crippen LogP) is 2.71. The van der Waals surface area contributed by atoms with Crippen LogP contribution in [0.25, 0.3) is 0 Å². The van der Waals surface area contributed by atoms with Crippen LogP contribution < -0.4 is 5.32 Å². The van der Waals surface area contributed by atoms with Gasteiger partial charge in [-0.15, -0.1) is 0 Å². The third-order valence-corrected chi connectivity index (χ3v) is 3.91. The van der Waals surface area contributed by atoms with Crippen molar-refractivity contribution in [1.29, 1.82) is 0 Å². The molecule has 1 fully saturated rings. The molecule has 2 rings (SSSR count). The zero-order valence-electron chi connectivity index (χ0n) is 11.8. The molecule has 18 heavy (non-hydrogen) atoms. The molecule has 1 heterocycles. The standard InChI is InChI=1S/C15H23FN2/c1-11-5-6-14(16)7-13(11)9-18-8-12(2)17-10-15(18,3)4/h5-7,12,17H,8-10H2,1-4H3. The molecule has 0 spiro atoms. The second kappa shape index (κ2) is 4.98. The molecule has 1 N–H and O–H groups in total. The number of nitrogens with one attached hydrogen (secondary N) is 1. The summed E-state index contributed by atoms with van der Waals surface area (Å²) in [5.41, 5.74) is 2.38. The molecule has 0 amide bonds. The molecule has 1 unspecified atom stereocenters. The van der Waals surface area contributed by atoms with Crippen LogP contribution in [0, 0.1) is 12.7 Å². The highest BCUT2D eigenvalue weighted by Gasteiger charge is 2.32. The van der Waals surface area contributed by atoms with Crippen LogP contribution >= 0.6 is 0 Å². The fourth-order valence-electron chi connectivity index (χ4n) is 2.47. The molecule has 3 heteroatoms. The van der Waals surface area contributed by atoms with Gasteiger partial charge in [-0.3, -0.25) is 4.90 Å². The molecule has 0 saturated carbocycles. The van der Waals surface area contributed by atoms with E-state index in [0.717, 1.165) is 25.2 Å². The van der Waals surface area contributed by atoms with Gasteiger partial charge in [0.05, 0.1) is 0 Å². The van der Waals surface area contributed by atoms with E-state index in [9.17, 15) is 4.39 Å². The minimum Gasteiger partial charge on any atom is -0.311 e. The van der Waals surface area contributed by atoms with Crippen LogP contribution in [-0.2, 0) is 6.54 Å². The molecule has 1 aliphatic heterocycles. The monoisotopic (exact) mass is 250 g/mol. The number of hydrogen-bond acceptors (Lipinski definition) is 2. The number of aryl methyl sites for hydroxylation is 1. The predicted molar refractivity (Wildman–Crippen MR) is 73.1 cm³/mol. The maximum atomic E-state index is 13.3. The van der Waals surface area contributed by atoms with Crippen LogP contribution in [0.15, 0.2) is 18.2 Å². The van der Waals surface area contributed by atoms with Gasteiger partial charge in [-0.1, -0.05) is 6.07 Å². The number of hydrogen-bond donors (Lipinski definition) is 1. The molecule has 1 aromatic carbocycles. The molecule has 0 aliphatic carbocycles. The van der Waals surface area contributed by atoms with Gasteiger partial charge >= 0.3 is 0 Å². The topological polar surface area (TPSA) is 15.3 Å². The van der Waals surface area contributed by atoms with E-state index in [-0.39, 0.29) is 11.4 Å². The lowest BCUT2D eigenvalue weighted by Crippen LogP contribution is -2.60. The lowest BCUT2D eigenvalue weighted by atomic mass is 9.96. The fourth-order valence-corrected chi connectivity index (χ4v) is 2.47. The van der Waals surface area contributed by atoms with Crippen LogP contribution in [0.2, 0.25) is 0 Å². The van der Waals surface area contributed by atoms with Crippen LogP contribution in [0.1, 0.15) is 31.9 Å². The summed E-state index contributed by atoms with van der Waals surface area (Å²) < 4.78 is 13.3. The van der Waals surface area contributed by atoms with Crippen molar-refractivity contribution >= 4 is 0 Å². The van der Waals surface area contributed by atoms with Crippen molar-refractivity contribution in [3.8, 4) is 0 Å². The van der Waals surface area contributed by atoms with E-state index in [1.54, 1.807) is 6.07 Å². The molecule has 1 aliphatic rings. The summed E-state index contributed by atoms with van der Waals surface area (Å²) in [6.45, 7) is 11.5. The Labute approximate surface area is 109 Å². The van der Waals surface area contributed by atoms with E-state index in [4.69, 9.17) is 0 Å². The molecule has 0 bridgehead atoms. The van der Waals surface area contributed by atoms with Crippen LogP contribution in [0.5, 0.6) is 0 Å². The molecule has 0 radical (unpaired) electrons. The smallest absolute Gasteiger partial charge is 0.123 e. The molecule has 1 aromatic rings. The third-order valence-electron chi connectivity index (χ3n) is 3.91. The minimum absolute atomic E-state index is 0.116. The molecule has 1 atom stereocenters. The van der Waals surface area contributed by atoms with E-state index in [0.29, 0.717) is 6.04 Å². The molecular formula is C15H23FN2. The first-order valence-electron chi connectivity index (χ1n) is 6.62. The van der Waals surface area contributed by atoms with Gasteiger partial charge in [0.2, 0.25) is 0 Å².